The van der Waals surface area contributed by atoms with Gasteiger partial charge in [-0.3, -0.25) is 19.6 Å². The third-order valence-corrected chi connectivity index (χ3v) is 9.80. The number of carbonyl (C=O) groups excluding carboxylic acids is 2. The number of carboxylic acids is 4. The van der Waals surface area contributed by atoms with E-state index in [9.17, 15) is 28.8 Å². The summed E-state index contributed by atoms with van der Waals surface area (Å²) in [5.41, 5.74) is 8.20. The number of pyridine rings is 4. The Bertz CT molecular complexity index is 2740. The van der Waals surface area contributed by atoms with Crippen molar-refractivity contribution in [1.82, 2.24) is 19.9 Å². The molecule has 12 N–H and O–H groups in total. The summed E-state index contributed by atoms with van der Waals surface area (Å²) in [4.78, 5) is 83.6. The van der Waals surface area contributed by atoms with Crippen molar-refractivity contribution in [2.24, 2.45) is 0 Å². The zero-order valence-electron chi connectivity index (χ0n) is 36.7. The minimum absolute atomic E-state index is 0. The van der Waals surface area contributed by atoms with Crippen LogP contribution in [0.5, 0.6) is 11.5 Å². The van der Waals surface area contributed by atoms with Crippen LogP contribution >= 0.6 is 0 Å². The average Bonchev–Trinajstić information content (AvgIpc) is 3.34. The SMILES string of the molecule is O=COc1ccc(-c2cc(-c3ccc(C(=O)O)cc3)nc(-c3ccc(C(=O)O)cn3)c2)cc1.O=COc1ccc(-c2cc(-c3ccc(C(=O)O)cc3)nc(-c3ccc(C(=O)O)cn3)c2)cc1.[NH2-].[NH2-].[NH2-].[NH2-].[Ru+4]. The molecule has 0 saturated carbocycles. The molecule has 0 atom stereocenters. The Balaban J connectivity index is 0.000000455. The molecule has 21 heteroatoms. The fourth-order valence-electron chi connectivity index (χ4n) is 6.43. The first kappa shape index (κ1) is 57.9. The molecule has 8 rings (SSSR count). The van der Waals surface area contributed by atoms with Gasteiger partial charge >= 0.3 is 43.4 Å². The van der Waals surface area contributed by atoms with Crippen LogP contribution in [0.15, 0.2) is 158 Å². The van der Waals surface area contributed by atoms with Crippen LogP contribution in [0.25, 0.3) is 92.1 Å². The molecular weight excluding hydrogens is 1010 g/mol. The third kappa shape index (κ3) is 14.4. The van der Waals surface area contributed by atoms with Crippen LogP contribution in [-0.2, 0) is 29.1 Å². The molecular formula is C50H40N8O12Ru. The van der Waals surface area contributed by atoms with Crippen LogP contribution < -0.4 is 9.47 Å². The Hall–Kier alpha value is -9.24. The number of aromatic carboxylic acids is 4. The number of hydrogen-bond acceptors (Lipinski definition) is 12. The Morgan fingerprint density at radius 1 is 0.352 bits per heavy atom. The van der Waals surface area contributed by atoms with E-state index in [1.807, 2.05) is 24.3 Å². The Labute approximate surface area is 417 Å². The van der Waals surface area contributed by atoms with Crippen molar-refractivity contribution in [1.29, 1.82) is 0 Å². The van der Waals surface area contributed by atoms with Gasteiger partial charge in [0.2, 0.25) is 0 Å². The van der Waals surface area contributed by atoms with Gasteiger partial charge in [-0.25, -0.2) is 29.1 Å². The first-order chi connectivity index (χ1) is 31.9. The van der Waals surface area contributed by atoms with Crippen molar-refractivity contribution in [3.8, 4) is 79.0 Å². The Morgan fingerprint density at radius 3 is 0.901 bits per heavy atom. The van der Waals surface area contributed by atoms with Crippen LogP contribution in [0, 0.1) is 0 Å². The maximum absolute atomic E-state index is 11.2. The number of rotatable bonds is 14. The van der Waals surface area contributed by atoms with Gasteiger partial charge in [-0.2, -0.15) is 0 Å². The van der Waals surface area contributed by atoms with Gasteiger partial charge in [0, 0.05) is 23.5 Å². The average molecular weight is 1050 g/mol. The number of benzene rings is 4. The van der Waals surface area contributed by atoms with Gasteiger partial charge in [0.05, 0.1) is 56.4 Å². The molecule has 0 spiro atoms. The van der Waals surface area contributed by atoms with Crippen molar-refractivity contribution in [3.63, 3.8) is 0 Å². The summed E-state index contributed by atoms with van der Waals surface area (Å²) in [6.45, 7) is 0.704. The molecule has 0 unspecified atom stereocenters. The molecule has 0 aliphatic heterocycles. The smallest absolute Gasteiger partial charge is 0.693 e. The normalized spacial score (nSPS) is 9.69. The summed E-state index contributed by atoms with van der Waals surface area (Å²) < 4.78 is 9.69. The van der Waals surface area contributed by atoms with Crippen molar-refractivity contribution in [3.05, 3.63) is 205 Å². The number of ether oxygens (including phenoxy) is 2. The van der Waals surface area contributed by atoms with E-state index < -0.39 is 23.9 Å². The monoisotopic (exact) mass is 1050 g/mol. The van der Waals surface area contributed by atoms with Crippen LogP contribution in [0.2, 0.25) is 0 Å². The Kier molecular flexibility index (Phi) is 21.5. The minimum Gasteiger partial charge on any atom is -0.693 e. The summed E-state index contributed by atoms with van der Waals surface area (Å²) >= 11 is 0. The second-order valence-electron chi connectivity index (χ2n) is 14.0. The summed E-state index contributed by atoms with van der Waals surface area (Å²) in [7, 11) is 0. The number of aromatic nitrogens is 4. The maximum Gasteiger partial charge on any atom is 4.00 e. The maximum atomic E-state index is 11.2. The van der Waals surface area contributed by atoms with Gasteiger partial charge in [0.1, 0.15) is 11.5 Å². The minimum atomic E-state index is -1.08. The van der Waals surface area contributed by atoms with E-state index in [0.29, 0.717) is 69.7 Å². The van der Waals surface area contributed by atoms with E-state index in [-0.39, 0.29) is 66.3 Å². The van der Waals surface area contributed by atoms with Crippen LogP contribution in [-0.4, -0.2) is 77.2 Å². The molecule has 4 aromatic heterocycles. The molecule has 0 radical (unpaired) electrons. The summed E-state index contributed by atoms with van der Waals surface area (Å²) in [6, 6.07) is 39.8. The van der Waals surface area contributed by atoms with E-state index >= 15 is 0 Å². The molecule has 360 valence electrons. The molecule has 71 heavy (non-hydrogen) atoms. The summed E-state index contributed by atoms with van der Waals surface area (Å²) in [6.07, 6.45) is 2.53. The molecule has 0 saturated heterocycles. The van der Waals surface area contributed by atoms with Gasteiger partial charge in [-0.1, -0.05) is 48.5 Å². The van der Waals surface area contributed by atoms with Crippen molar-refractivity contribution in [2.75, 3.05) is 0 Å². The summed E-state index contributed by atoms with van der Waals surface area (Å²) in [5.74, 6) is -3.40. The largest absolute Gasteiger partial charge is 4.00 e. The van der Waals surface area contributed by atoms with E-state index in [0.717, 1.165) is 22.3 Å². The molecule has 0 bridgehead atoms. The molecule has 20 nitrogen and oxygen atoms in total. The van der Waals surface area contributed by atoms with Crippen molar-refractivity contribution in [2.45, 2.75) is 0 Å². The molecule has 4 aromatic carbocycles. The number of carbonyl (C=O) groups is 6. The fraction of sp³-hybridized carbons (Fsp3) is 0. The second-order valence-corrected chi connectivity index (χ2v) is 14.0. The molecule has 0 amide bonds. The van der Waals surface area contributed by atoms with Crippen LogP contribution in [0.4, 0.5) is 0 Å². The van der Waals surface area contributed by atoms with E-state index in [2.05, 4.69) is 19.9 Å². The zero-order chi connectivity index (χ0) is 46.7. The first-order valence-corrected chi connectivity index (χ1v) is 19.4. The predicted molar refractivity (Wildman–Crippen MR) is 259 cm³/mol. The fourth-order valence-corrected chi connectivity index (χ4v) is 6.43. The predicted octanol–water partition coefficient (Wildman–Crippen LogP) is 11.7. The number of nitrogens with two attached hydrogens (primary N) is 4. The second kappa shape index (κ2) is 26.3. The van der Waals surface area contributed by atoms with E-state index in [1.165, 1.54) is 48.8 Å². The van der Waals surface area contributed by atoms with Crippen LogP contribution in [0.1, 0.15) is 41.4 Å². The van der Waals surface area contributed by atoms with Gasteiger partial charge in [0.25, 0.3) is 12.9 Å². The van der Waals surface area contributed by atoms with Crippen LogP contribution in [0.3, 0.4) is 0 Å². The molecule has 8 aromatic rings. The number of carboxylic acid groups (broad SMARTS) is 4. The topological polar surface area (TPSA) is 387 Å². The first-order valence-electron chi connectivity index (χ1n) is 19.4. The van der Waals surface area contributed by atoms with Gasteiger partial charge in [-0.15, -0.1) is 0 Å². The number of hydrogen-bond donors (Lipinski definition) is 4. The van der Waals surface area contributed by atoms with Gasteiger partial charge < -0.3 is 54.5 Å². The molecule has 0 aliphatic carbocycles. The summed E-state index contributed by atoms with van der Waals surface area (Å²) in [5, 5.41) is 36.6. The van der Waals surface area contributed by atoms with Gasteiger partial charge in [-0.05, 0) is 119 Å². The standard InChI is InChI=1S/2C25H16N2O6.4H2N.Ru/c2*28-14-33-20-8-5-15(6-9-20)19-11-22(16-1-3-17(4-2-16)24(29)30)27-23(12-19)21-10-7-18(13-26-21)25(31)32;;;;;/h2*1-14H,(H,29,30)(H,31,32);4*1H2;/q;;4*-1;+4. The number of nitrogens with zero attached hydrogens (tertiary/aromatic N) is 4. The van der Waals surface area contributed by atoms with E-state index in [1.54, 1.807) is 84.9 Å². The third-order valence-electron chi connectivity index (χ3n) is 9.80. The van der Waals surface area contributed by atoms with E-state index in [4.69, 9.17) is 29.9 Å². The quantitative estimate of drug-likeness (QED) is 0.0580. The van der Waals surface area contributed by atoms with Crippen molar-refractivity contribution < 1.29 is 78.1 Å². The molecule has 4 heterocycles. The zero-order valence-corrected chi connectivity index (χ0v) is 38.4. The van der Waals surface area contributed by atoms with Crippen molar-refractivity contribution >= 4 is 36.8 Å². The molecule has 0 aliphatic rings. The molecule has 0 fully saturated rings. The Morgan fingerprint density at radius 2 is 0.634 bits per heavy atom. The van der Waals surface area contributed by atoms with Gasteiger partial charge in [0.15, 0.2) is 0 Å².